The number of hydrogen-bond donors (Lipinski definition) is 1. The molecular formula is C13H16N2O2. The van der Waals surface area contributed by atoms with Crippen LogP contribution in [0.2, 0.25) is 0 Å². The highest BCUT2D eigenvalue weighted by Crippen LogP contribution is 2.20. The lowest BCUT2D eigenvalue weighted by Crippen LogP contribution is -2.15. The summed E-state index contributed by atoms with van der Waals surface area (Å²) in [4.78, 5) is 11.8. The summed E-state index contributed by atoms with van der Waals surface area (Å²) in [5.41, 5.74) is 8.00. The number of carbonyl (C=O) groups is 1. The molecule has 1 aromatic carbocycles. The van der Waals surface area contributed by atoms with Crippen LogP contribution < -0.4 is 5.73 Å². The van der Waals surface area contributed by atoms with Crippen LogP contribution >= 0.6 is 0 Å². The highest BCUT2D eigenvalue weighted by Gasteiger charge is 2.19. The first-order chi connectivity index (χ1) is 8.19. The fourth-order valence-corrected chi connectivity index (χ4v) is 1.78. The minimum absolute atomic E-state index is 0.229. The van der Waals surface area contributed by atoms with Crippen molar-refractivity contribution < 1.29 is 9.53 Å². The molecule has 1 aromatic rings. The maximum atomic E-state index is 11.8. The molecule has 0 atom stereocenters. The molecule has 0 saturated heterocycles. The van der Waals surface area contributed by atoms with Gasteiger partial charge in [-0.25, -0.2) is 4.79 Å². The molecule has 0 aliphatic heterocycles. The van der Waals surface area contributed by atoms with E-state index in [0.29, 0.717) is 16.7 Å². The zero-order chi connectivity index (χ0) is 12.8. The molecule has 0 spiro atoms. The molecule has 0 aromatic heterocycles. The van der Waals surface area contributed by atoms with Crippen molar-refractivity contribution in [2.45, 2.75) is 26.8 Å². The van der Waals surface area contributed by atoms with E-state index in [2.05, 4.69) is 0 Å². The van der Waals surface area contributed by atoms with Crippen LogP contribution in [0.3, 0.4) is 0 Å². The molecule has 0 saturated carbocycles. The lowest BCUT2D eigenvalue weighted by Gasteiger charge is -2.13. The van der Waals surface area contributed by atoms with E-state index in [9.17, 15) is 4.79 Å². The lowest BCUT2D eigenvalue weighted by atomic mass is 9.95. The minimum atomic E-state index is -0.472. The average molecular weight is 232 g/mol. The van der Waals surface area contributed by atoms with Gasteiger partial charge in [-0.1, -0.05) is 13.0 Å². The summed E-state index contributed by atoms with van der Waals surface area (Å²) < 4.78 is 4.97. The third-order valence-corrected chi connectivity index (χ3v) is 2.59. The molecule has 1 rings (SSSR count). The second kappa shape index (κ2) is 6.02. The van der Waals surface area contributed by atoms with Crippen LogP contribution in [0.25, 0.3) is 0 Å². The molecule has 0 radical (unpaired) electrons. The molecule has 4 heteroatoms. The molecule has 0 unspecified atom stereocenters. The van der Waals surface area contributed by atoms with Gasteiger partial charge in [-0.2, -0.15) is 5.26 Å². The Kier molecular flexibility index (Phi) is 4.68. The first kappa shape index (κ1) is 13.2. The van der Waals surface area contributed by atoms with Gasteiger partial charge in [0.05, 0.1) is 17.7 Å². The maximum absolute atomic E-state index is 11.8. The second-order valence-corrected chi connectivity index (χ2v) is 3.52. The molecule has 2 N–H and O–H groups in total. The van der Waals surface area contributed by atoms with Crippen molar-refractivity contribution in [3.63, 3.8) is 0 Å². The Bertz CT molecular complexity index is 461. The SMILES string of the molecule is CCOC(=O)c1c(C#N)ccc(CC)c1CN. The van der Waals surface area contributed by atoms with Crippen molar-refractivity contribution in [2.24, 2.45) is 5.73 Å². The van der Waals surface area contributed by atoms with Gasteiger partial charge in [0.15, 0.2) is 0 Å². The van der Waals surface area contributed by atoms with Crippen molar-refractivity contribution in [3.05, 3.63) is 34.4 Å². The van der Waals surface area contributed by atoms with Crippen molar-refractivity contribution in [1.82, 2.24) is 0 Å². The largest absolute Gasteiger partial charge is 0.462 e. The Morgan fingerprint density at radius 2 is 2.18 bits per heavy atom. The van der Waals surface area contributed by atoms with Gasteiger partial charge in [-0.3, -0.25) is 0 Å². The number of esters is 1. The number of benzene rings is 1. The molecule has 17 heavy (non-hydrogen) atoms. The summed E-state index contributed by atoms with van der Waals surface area (Å²) in [6.45, 7) is 4.22. The molecule has 0 bridgehead atoms. The summed E-state index contributed by atoms with van der Waals surface area (Å²) in [6, 6.07) is 5.48. The molecule has 0 aliphatic carbocycles. The Labute approximate surface area is 101 Å². The van der Waals surface area contributed by atoms with Crippen LogP contribution in [0.4, 0.5) is 0 Å². The van der Waals surface area contributed by atoms with Gasteiger partial charge in [-0.15, -0.1) is 0 Å². The van der Waals surface area contributed by atoms with Crippen LogP contribution in [0.5, 0.6) is 0 Å². The van der Waals surface area contributed by atoms with Crippen molar-refractivity contribution >= 4 is 5.97 Å². The van der Waals surface area contributed by atoms with E-state index in [1.54, 1.807) is 13.0 Å². The van der Waals surface area contributed by atoms with E-state index in [1.807, 2.05) is 19.1 Å². The minimum Gasteiger partial charge on any atom is -0.462 e. The predicted octanol–water partition coefficient (Wildman–Crippen LogP) is 1.76. The van der Waals surface area contributed by atoms with Crippen molar-refractivity contribution in [3.8, 4) is 6.07 Å². The van der Waals surface area contributed by atoms with Crippen molar-refractivity contribution in [2.75, 3.05) is 6.61 Å². The summed E-state index contributed by atoms with van der Waals surface area (Å²) in [5.74, 6) is -0.472. The summed E-state index contributed by atoms with van der Waals surface area (Å²) in [6.07, 6.45) is 0.768. The highest BCUT2D eigenvalue weighted by molar-refractivity contribution is 5.94. The van der Waals surface area contributed by atoms with Gasteiger partial charge in [0.25, 0.3) is 0 Å². The van der Waals surface area contributed by atoms with E-state index in [-0.39, 0.29) is 13.2 Å². The first-order valence-electron chi connectivity index (χ1n) is 5.61. The van der Waals surface area contributed by atoms with Crippen LogP contribution in [0.15, 0.2) is 12.1 Å². The van der Waals surface area contributed by atoms with Crippen molar-refractivity contribution in [1.29, 1.82) is 5.26 Å². The van der Waals surface area contributed by atoms with E-state index >= 15 is 0 Å². The number of hydrogen-bond acceptors (Lipinski definition) is 4. The van der Waals surface area contributed by atoms with E-state index in [4.69, 9.17) is 15.7 Å². The van der Waals surface area contributed by atoms with Crippen LogP contribution in [0.1, 0.15) is 40.9 Å². The van der Waals surface area contributed by atoms with E-state index in [1.165, 1.54) is 0 Å². The quantitative estimate of drug-likeness (QED) is 0.802. The number of rotatable bonds is 4. The van der Waals surface area contributed by atoms with E-state index in [0.717, 1.165) is 12.0 Å². The third kappa shape index (κ3) is 2.63. The Morgan fingerprint density at radius 1 is 1.47 bits per heavy atom. The normalized spacial score (nSPS) is 9.76. The average Bonchev–Trinajstić information content (AvgIpc) is 2.36. The fourth-order valence-electron chi connectivity index (χ4n) is 1.78. The molecule has 0 fully saturated rings. The van der Waals surface area contributed by atoms with Crippen LogP contribution in [-0.4, -0.2) is 12.6 Å². The van der Waals surface area contributed by atoms with Gasteiger partial charge in [0, 0.05) is 6.54 Å². The smallest absolute Gasteiger partial charge is 0.339 e. The topological polar surface area (TPSA) is 76.1 Å². The predicted molar refractivity (Wildman–Crippen MR) is 64.4 cm³/mol. The number of nitriles is 1. The highest BCUT2D eigenvalue weighted by atomic mass is 16.5. The molecule has 4 nitrogen and oxygen atoms in total. The zero-order valence-corrected chi connectivity index (χ0v) is 10.1. The van der Waals surface area contributed by atoms with Gasteiger partial charge >= 0.3 is 5.97 Å². The molecule has 0 heterocycles. The van der Waals surface area contributed by atoms with Gasteiger partial charge in [0.1, 0.15) is 6.07 Å². The number of nitrogens with two attached hydrogens (primary N) is 1. The molecular weight excluding hydrogens is 216 g/mol. The summed E-state index contributed by atoms with van der Waals surface area (Å²) in [7, 11) is 0. The second-order valence-electron chi connectivity index (χ2n) is 3.52. The van der Waals surface area contributed by atoms with Crippen LogP contribution in [0, 0.1) is 11.3 Å². The number of ether oxygens (including phenoxy) is 1. The third-order valence-electron chi connectivity index (χ3n) is 2.59. The molecule has 0 aliphatic rings. The summed E-state index contributed by atoms with van der Waals surface area (Å²) in [5, 5.41) is 9.02. The number of nitrogens with zero attached hydrogens (tertiary/aromatic N) is 1. The first-order valence-corrected chi connectivity index (χ1v) is 5.61. The fraction of sp³-hybridized carbons (Fsp3) is 0.385. The van der Waals surface area contributed by atoms with E-state index < -0.39 is 5.97 Å². The molecule has 90 valence electrons. The lowest BCUT2D eigenvalue weighted by molar-refractivity contribution is 0.0524. The monoisotopic (exact) mass is 232 g/mol. The number of aryl methyl sites for hydroxylation is 1. The van der Waals surface area contributed by atoms with Gasteiger partial charge in [-0.05, 0) is 30.5 Å². The Balaban J connectivity index is 3.41. The van der Waals surface area contributed by atoms with Gasteiger partial charge < -0.3 is 10.5 Å². The zero-order valence-electron chi connectivity index (χ0n) is 10.1. The Morgan fingerprint density at radius 3 is 2.65 bits per heavy atom. The van der Waals surface area contributed by atoms with Crippen LogP contribution in [-0.2, 0) is 17.7 Å². The van der Waals surface area contributed by atoms with Gasteiger partial charge in [0.2, 0.25) is 0 Å². The Hall–Kier alpha value is -1.86. The molecule has 0 amide bonds. The summed E-state index contributed by atoms with van der Waals surface area (Å²) >= 11 is 0. The number of carbonyl (C=O) groups excluding carboxylic acids is 1. The standard InChI is InChI=1S/C13H16N2O2/c1-3-9-5-6-10(7-14)12(11(9)8-15)13(16)17-4-2/h5-6H,3-4,8,15H2,1-2H3. The maximum Gasteiger partial charge on any atom is 0.339 e.